The van der Waals surface area contributed by atoms with E-state index in [0.29, 0.717) is 6.61 Å². The molecule has 8 nitrogen and oxygen atoms in total. The van der Waals surface area contributed by atoms with Crippen LogP contribution in [-0.2, 0) is 27.9 Å². The number of phosphoric acid groups is 1. The van der Waals surface area contributed by atoms with Crippen molar-refractivity contribution in [3.63, 3.8) is 0 Å². The number of unbranched alkanes of at least 4 members (excludes halogenated alkanes) is 21. The molecular weight excluding hydrogens is 649 g/mol. The number of allylic oxidation sites excluding steroid dienone is 6. The highest BCUT2D eigenvalue weighted by atomic mass is 31.2. The molecule has 0 heterocycles. The molecule has 50 heavy (non-hydrogen) atoms. The lowest BCUT2D eigenvalue weighted by Crippen LogP contribution is -2.28. The number of hydrogen-bond acceptors (Lipinski definition) is 7. The summed E-state index contributed by atoms with van der Waals surface area (Å²) in [5, 5.41) is 0. The maximum Gasteiger partial charge on any atom is 0.472 e. The smallest absolute Gasteiger partial charge is 0.457 e. The maximum absolute atomic E-state index is 12.5. The second kappa shape index (κ2) is 38.9. The Morgan fingerprint density at radius 2 is 1.06 bits per heavy atom. The van der Waals surface area contributed by atoms with Crippen molar-refractivity contribution in [1.29, 1.82) is 0 Å². The molecule has 0 saturated heterocycles. The van der Waals surface area contributed by atoms with Gasteiger partial charge in [-0.25, -0.2) is 4.57 Å². The van der Waals surface area contributed by atoms with Crippen LogP contribution in [0.4, 0.5) is 0 Å². The number of ether oxygens (including phenoxy) is 2. The third-order valence-corrected chi connectivity index (χ3v) is 9.54. The molecular formula is C41H78NO7P. The van der Waals surface area contributed by atoms with Gasteiger partial charge in [-0.1, -0.05) is 147 Å². The minimum Gasteiger partial charge on any atom is -0.457 e. The number of rotatable bonds is 39. The van der Waals surface area contributed by atoms with Gasteiger partial charge in [0.15, 0.2) is 0 Å². The highest BCUT2D eigenvalue weighted by molar-refractivity contribution is 7.47. The van der Waals surface area contributed by atoms with Gasteiger partial charge < -0.3 is 20.1 Å². The Bertz CT molecular complexity index is 864. The largest absolute Gasteiger partial charge is 0.472 e. The highest BCUT2D eigenvalue weighted by Crippen LogP contribution is 2.43. The van der Waals surface area contributed by atoms with E-state index < -0.39 is 13.9 Å². The zero-order valence-corrected chi connectivity index (χ0v) is 33.3. The van der Waals surface area contributed by atoms with Crippen LogP contribution in [0.15, 0.2) is 36.5 Å². The fourth-order valence-corrected chi connectivity index (χ4v) is 6.28. The molecule has 0 aromatic rings. The number of hydrogen-bond donors (Lipinski definition) is 2. The molecule has 294 valence electrons. The van der Waals surface area contributed by atoms with Crippen LogP contribution in [0.2, 0.25) is 0 Å². The van der Waals surface area contributed by atoms with Crippen molar-refractivity contribution in [2.75, 3.05) is 33.0 Å². The number of carbonyl (C=O) groups excluding carboxylic acids is 1. The maximum atomic E-state index is 12.5. The summed E-state index contributed by atoms with van der Waals surface area (Å²) in [6.45, 7) is 4.86. The summed E-state index contributed by atoms with van der Waals surface area (Å²) in [4.78, 5) is 22.4. The van der Waals surface area contributed by atoms with Crippen molar-refractivity contribution in [2.45, 2.75) is 187 Å². The van der Waals surface area contributed by atoms with Crippen LogP contribution in [0.1, 0.15) is 181 Å². The minimum atomic E-state index is -4.28. The second-order valence-electron chi connectivity index (χ2n) is 13.5. The molecule has 2 unspecified atom stereocenters. The van der Waals surface area contributed by atoms with Crippen LogP contribution in [0, 0.1) is 0 Å². The van der Waals surface area contributed by atoms with Crippen LogP contribution >= 0.6 is 7.82 Å². The molecule has 0 aliphatic heterocycles. The van der Waals surface area contributed by atoms with Gasteiger partial charge in [-0.05, 0) is 64.2 Å². The monoisotopic (exact) mass is 728 g/mol. The van der Waals surface area contributed by atoms with Gasteiger partial charge in [0.1, 0.15) is 6.10 Å². The molecule has 0 fully saturated rings. The zero-order chi connectivity index (χ0) is 36.6. The molecule has 2 atom stereocenters. The van der Waals surface area contributed by atoms with E-state index in [9.17, 15) is 14.3 Å². The van der Waals surface area contributed by atoms with E-state index in [1.54, 1.807) is 0 Å². The molecule has 0 aliphatic carbocycles. The molecule has 3 N–H and O–H groups in total. The molecule has 0 aliphatic rings. The number of carbonyl (C=O) groups is 1. The molecule has 0 rings (SSSR count). The van der Waals surface area contributed by atoms with Gasteiger partial charge in [-0.3, -0.25) is 13.8 Å². The van der Waals surface area contributed by atoms with Crippen molar-refractivity contribution < 1.29 is 32.8 Å². The van der Waals surface area contributed by atoms with E-state index in [2.05, 4.69) is 50.3 Å². The number of phosphoric ester groups is 1. The van der Waals surface area contributed by atoms with Crippen molar-refractivity contribution in [2.24, 2.45) is 5.73 Å². The van der Waals surface area contributed by atoms with Gasteiger partial charge in [0.05, 0.1) is 19.8 Å². The zero-order valence-electron chi connectivity index (χ0n) is 32.4. The SMILES string of the molecule is CCCCCCCCC=CC=CCCCCCC(=O)OC(COCCCCCCCCC=CCCCCCCCC)COP(=O)(O)OCCN. The predicted molar refractivity (Wildman–Crippen MR) is 210 cm³/mol. The molecule has 0 radical (unpaired) electrons. The quantitative estimate of drug-likeness (QED) is 0.0211. The number of nitrogens with two attached hydrogens (primary N) is 1. The fraction of sp³-hybridized carbons (Fsp3) is 0.829. The third-order valence-electron chi connectivity index (χ3n) is 8.56. The lowest BCUT2D eigenvalue weighted by molar-refractivity contribution is -0.154. The van der Waals surface area contributed by atoms with Crippen molar-refractivity contribution in [3.8, 4) is 0 Å². The van der Waals surface area contributed by atoms with E-state index in [1.807, 2.05) is 0 Å². The lowest BCUT2D eigenvalue weighted by Gasteiger charge is -2.20. The van der Waals surface area contributed by atoms with E-state index in [4.69, 9.17) is 24.3 Å². The van der Waals surface area contributed by atoms with Gasteiger partial charge in [0.25, 0.3) is 0 Å². The molecule has 0 saturated carbocycles. The van der Waals surface area contributed by atoms with Gasteiger partial charge in [0, 0.05) is 19.6 Å². The minimum absolute atomic E-state index is 0.0948. The summed E-state index contributed by atoms with van der Waals surface area (Å²) in [5.74, 6) is -0.358. The molecule has 9 heteroatoms. The first kappa shape index (κ1) is 48.7. The van der Waals surface area contributed by atoms with Crippen molar-refractivity contribution in [1.82, 2.24) is 0 Å². The van der Waals surface area contributed by atoms with E-state index in [1.165, 1.54) is 116 Å². The Kier molecular flexibility index (Phi) is 37.9. The molecule has 0 bridgehead atoms. The summed E-state index contributed by atoms with van der Waals surface area (Å²) in [6, 6.07) is 0. The van der Waals surface area contributed by atoms with Crippen LogP contribution in [0.25, 0.3) is 0 Å². The van der Waals surface area contributed by atoms with E-state index in [-0.39, 0.29) is 38.8 Å². The first-order valence-electron chi connectivity index (χ1n) is 20.5. The van der Waals surface area contributed by atoms with Crippen molar-refractivity contribution >= 4 is 13.8 Å². The van der Waals surface area contributed by atoms with Gasteiger partial charge in [-0.15, -0.1) is 0 Å². The van der Waals surface area contributed by atoms with Gasteiger partial charge in [0.2, 0.25) is 0 Å². The first-order valence-corrected chi connectivity index (χ1v) is 22.0. The van der Waals surface area contributed by atoms with Gasteiger partial charge in [-0.2, -0.15) is 0 Å². The summed E-state index contributed by atoms with van der Waals surface area (Å²) in [7, 11) is -4.28. The molecule has 0 aromatic heterocycles. The Labute approximate surface area is 308 Å². The fourth-order valence-electron chi connectivity index (χ4n) is 5.51. The summed E-state index contributed by atoms with van der Waals surface area (Å²) >= 11 is 0. The van der Waals surface area contributed by atoms with Crippen LogP contribution in [0.3, 0.4) is 0 Å². The van der Waals surface area contributed by atoms with E-state index in [0.717, 1.165) is 44.9 Å². The Balaban J connectivity index is 4.12. The molecule has 0 aromatic carbocycles. The first-order chi connectivity index (χ1) is 24.4. The summed E-state index contributed by atoms with van der Waals surface area (Å²) in [6.07, 6.45) is 43.0. The average molecular weight is 728 g/mol. The van der Waals surface area contributed by atoms with Crippen LogP contribution in [0.5, 0.6) is 0 Å². The topological polar surface area (TPSA) is 117 Å². The Morgan fingerprint density at radius 1 is 0.600 bits per heavy atom. The molecule has 0 spiro atoms. The van der Waals surface area contributed by atoms with Crippen LogP contribution in [-0.4, -0.2) is 49.9 Å². The summed E-state index contributed by atoms with van der Waals surface area (Å²) < 4.78 is 33.3. The standard InChI is InChI=1S/C41H78NO7P/c1-3-5-7-9-11-13-15-17-19-21-23-25-27-29-31-33-36-46-38-40(39-48-50(44,45)47-37-35-42)49-41(43)34-32-30-28-26-24-22-20-18-16-14-12-10-8-6-4-2/h17-20,22,24,40H,3-16,21,23,25-39,42H2,1-2H3,(H,44,45). The number of esters is 1. The Hall–Kier alpha value is -1.28. The predicted octanol–water partition coefficient (Wildman–Crippen LogP) is 11.9. The average Bonchev–Trinajstić information content (AvgIpc) is 3.10. The Morgan fingerprint density at radius 3 is 1.58 bits per heavy atom. The summed E-state index contributed by atoms with van der Waals surface area (Å²) in [5.41, 5.74) is 5.36. The van der Waals surface area contributed by atoms with Gasteiger partial charge >= 0.3 is 13.8 Å². The lowest BCUT2D eigenvalue weighted by atomic mass is 10.1. The van der Waals surface area contributed by atoms with Crippen molar-refractivity contribution in [3.05, 3.63) is 36.5 Å². The highest BCUT2D eigenvalue weighted by Gasteiger charge is 2.25. The molecule has 0 amide bonds. The third kappa shape index (κ3) is 38.0. The van der Waals surface area contributed by atoms with E-state index >= 15 is 0 Å². The second-order valence-corrected chi connectivity index (χ2v) is 15.0. The van der Waals surface area contributed by atoms with Crippen LogP contribution < -0.4 is 5.73 Å². The normalized spacial score (nSPS) is 13.9.